The van der Waals surface area contributed by atoms with Gasteiger partial charge in [-0.2, -0.15) is 0 Å². The van der Waals surface area contributed by atoms with Gasteiger partial charge in [0, 0.05) is 10.5 Å². The van der Waals surface area contributed by atoms with Crippen molar-refractivity contribution in [2.75, 3.05) is 13.2 Å². The van der Waals surface area contributed by atoms with Crippen LogP contribution in [0.25, 0.3) is 0 Å². The average molecular weight is 404 g/mol. The highest BCUT2D eigenvalue weighted by Crippen LogP contribution is 2.60. The summed E-state index contributed by atoms with van der Waals surface area (Å²) in [5.74, 6) is -0.418. The van der Waals surface area contributed by atoms with Crippen molar-refractivity contribution in [3.63, 3.8) is 0 Å². The van der Waals surface area contributed by atoms with Gasteiger partial charge in [0.2, 0.25) is 0 Å². The number of hydrogen-bond acceptors (Lipinski definition) is 4. The molecule has 1 saturated carbocycles. The third-order valence-corrected chi connectivity index (χ3v) is 6.96. The molecule has 0 bridgehead atoms. The molecule has 0 heterocycles. The minimum absolute atomic E-state index is 0.367. The second-order valence-electron chi connectivity index (χ2n) is 5.83. The second kappa shape index (κ2) is 9.33. The van der Waals surface area contributed by atoms with Crippen molar-refractivity contribution in [1.29, 1.82) is 0 Å². The molecule has 23 heavy (non-hydrogen) atoms. The minimum atomic E-state index is -3.26. The molecule has 0 aliphatic heterocycles. The third kappa shape index (κ3) is 5.40. The Labute approximate surface area is 148 Å². The molecule has 0 amide bonds. The molecular weight excluding hydrogens is 377 g/mol. The van der Waals surface area contributed by atoms with Crippen LogP contribution in [0.2, 0.25) is 0 Å². The Balaban J connectivity index is 2.28. The summed E-state index contributed by atoms with van der Waals surface area (Å²) in [5, 5.41) is 3.57. The summed E-state index contributed by atoms with van der Waals surface area (Å²) in [6, 6.07) is 8.26. The molecule has 2 rings (SSSR count). The zero-order chi connectivity index (χ0) is 16.7. The van der Waals surface area contributed by atoms with Crippen molar-refractivity contribution in [3.8, 4) is 0 Å². The number of hydrogen-bond donors (Lipinski definition) is 1. The lowest BCUT2D eigenvalue weighted by Gasteiger charge is -2.32. The lowest BCUT2D eigenvalue weighted by Crippen LogP contribution is -2.35. The van der Waals surface area contributed by atoms with E-state index in [2.05, 4.69) is 21.2 Å². The summed E-state index contributed by atoms with van der Waals surface area (Å²) in [6.45, 7) is 4.45. The summed E-state index contributed by atoms with van der Waals surface area (Å²) < 4.78 is 25.6. The summed E-state index contributed by atoms with van der Waals surface area (Å²) in [5.41, 5.74) is 0.948. The number of rotatable bonds is 8. The van der Waals surface area contributed by atoms with Crippen molar-refractivity contribution in [3.05, 3.63) is 34.3 Å². The van der Waals surface area contributed by atoms with Gasteiger partial charge in [-0.15, -0.1) is 0 Å². The first-order valence-electron chi connectivity index (χ1n) is 8.49. The third-order valence-electron chi connectivity index (χ3n) is 4.12. The van der Waals surface area contributed by atoms with Crippen molar-refractivity contribution < 1.29 is 13.6 Å². The van der Waals surface area contributed by atoms with Crippen molar-refractivity contribution in [2.24, 2.45) is 0 Å². The fourth-order valence-corrected chi connectivity index (χ4v) is 5.34. The van der Waals surface area contributed by atoms with Gasteiger partial charge in [0.15, 0.2) is 0 Å². The largest absolute Gasteiger partial charge is 0.351 e. The van der Waals surface area contributed by atoms with Gasteiger partial charge in [-0.25, -0.2) is 0 Å². The Morgan fingerprint density at radius 3 is 2.22 bits per heavy atom. The maximum Gasteiger partial charge on any atom is 0.351 e. The van der Waals surface area contributed by atoms with Crippen LogP contribution in [-0.2, 0) is 13.6 Å². The molecule has 130 valence electrons. The van der Waals surface area contributed by atoms with Gasteiger partial charge in [-0.3, -0.25) is 9.88 Å². The van der Waals surface area contributed by atoms with Crippen LogP contribution in [0.5, 0.6) is 0 Å². The molecule has 4 nitrogen and oxygen atoms in total. The molecule has 0 radical (unpaired) electrons. The van der Waals surface area contributed by atoms with E-state index in [1.54, 1.807) is 0 Å². The molecule has 0 saturated heterocycles. The van der Waals surface area contributed by atoms with E-state index in [9.17, 15) is 4.57 Å². The average Bonchev–Trinajstić information content (AvgIpc) is 2.55. The van der Waals surface area contributed by atoms with Crippen LogP contribution in [0.15, 0.2) is 28.7 Å². The van der Waals surface area contributed by atoms with Crippen molar-refractivity contribution in [2.45, 2.75) is 57.8 Å². The molecule has 1 N–H and O–H groups in total. The molecule has 1 aromatic carbocycles. The van der Waals surface area contributed by atoms with Gasteiger partial charge in [-0.05, 0) is 44.4 Å². The first-order chi connectivity index (χ1) is 11.1. The van der Waals surface area contributed by atoms with Gasteiger partial charge < -0.3 is 9.05 Å². The standard InChI is InChI=1S/C17H27BrNO3P/c1-3-21-23(20,22-4-2)17(14-10-12-15(18)13-11-14)19-16-8-6-5-7-9-16/h10-13,16-17,19H,3-9H2,1-2H3. The topological polar surface area (TPSA) is 47.6 Å². The zero-order valence-electron chi connectivity index (χ0n) is 14.0. The molecule has 1 aliphatic carbocycles. The van der Waals surface area contributed by atoms with E-state index in [1.807, 2.05) is 38.1 Å². The molecule has 1 atom stereocenters. The summed E-state index contributed by atoms with van der Waals surface area (Å²) in [7, 11) is -3.26. The Morgan fingerprint density at radius 1 is 1.13 bits per heavy atom. The molecule has 1 aromatic rings. The molecule has 1 fully saturated rings. The predicted molar refractivity (Wildman–Crippen MR) is 97.8 cm³/mol. The van der Waals surface area contributed by atoms with E-state index in [0.717, 1.165) is 22.9 Å². The maximum absolute atomic E-state index is 13.4. The lowest BCUT2D eigenvalue weighted by molar-refractivity contribution is 0.202. The van der Waals surface area contributed by atoms with Crippen LogP contribution in [0.3, 0.4) is 0 Å². The first-order valence-corrected chi connectivity index (χ1v) is 10.9. The number of halogens is 1. The van der Waals surface area contributed by atoms with Crippen LogP contribution < -0.4 is 5.32 Å². The highest BCUT2D eigenvalue weighted by molar-refractivity contribution is 9.10. The van der Waals surface area contributed by atoms with Crippen LogP contribution in [0, 0.1) is 0 Å². The van der Waals surface area contributed by atoms with E-state index >= 15 is 0 Å². The summed E-state index contributed by atoms with van der Waals surface area (Å²) in [4.78, 5) is 0. The van der Waals surface area contributed by atoms with Gasteiger partial charge >= 0.3 is 7.60 Å². The van der Waals surface area contributed by atoms with E-state index in [0.29, 0.717) is 19.3 Å². The molecule has 1 aliphatic rings. The fraction of sp³-hybridized carbons (Fsp3) is 0.647. The monoisotopic (exact) mass is 403 g/mol. The van der Waals surface area contributed by atoms with Crippen LogP contribution >= 0.6 is 23.5 Å². The molecule has 0 aromatic heterocycles. The Kier molecular flexibility index (Phi) is 7.77. The van der Waals surface area contributed by atoms with E-state index in [1.165, 1.54) is 19.3 Å². The maximum atomic E-state index is 13.4. The first kappa shape index (κ1) is 19.1. The quantitative estimate of drug-likeness (QED) is 0.570. The smallest absolute Gasteiger partial charge is 0.308 e. The highest BCUT2D eigenvalue weighted by Gasteiger charge is 2.38. The van der Waals surface area contributed by atoms with Crippen LogP contribution in [0.4, 0.5) is 0 Å². The Hall–Kier alpha value is -0.190. The fourth-order valence-electron chi connectivity index (χ4n) is 3.05. The predicted octanol–water partition coefficient (Wildman–Crippen LogP) is 5.64. The van der Waals surface area contributed by atoms with Gasteiger partial charge in [-0.1, -0.05) is 47.3 Å². The van der Waals surface area contributed by atoms with E-state index in [-0.39, 0.29) is 0 Å². The molecule has 0 spiro atoms. The summed E-state index contributed by atoms with van der Waals surface area (Å²) in [6.07, 6.45) is 5.96. The van der Waals surface area contributed by atoms with Crippen LogP contribution in [-0.4, -0.2) is 19.3 Å². The second-order valence-corrected chi connectivity index (χ2v) is 8.86. The zero-order valence-corrected chi connectivity index (χ0v) is 16.4. The molecular formula is C17H27BrNO3P. The molecule has 6 heteroatoms. The van der Waals surface area contributed by atoms with Crippen molar-refractivity contribution >= 4 is 23.5 Å². The normalized spacial score (nSPS) is 18.0. The highest BCUT2D eigenvalue weighted by atomic mass is 79.9. The van der Waals surface area contributed by atoms with Gasteiger partial charge in [0.05, 0.1) is 13.2 Å². The lowest BCUT2D eigenvalue weighted by atomic mass is 9.95. The van der Waals surface area contributed by atoms with Crippen molar-refractivity contribution in [1.82, 2.24) is 5.32 Å². The minimum Gasteiger partial charge on any atom is -0.308 e. The molecule has 1 unspecified atom stereocenters. The van der Waals surface area contributed by atoms with E-state index in [4.69, 9.17) is 9.05 Å². The number of benzene rings is 1. The summed E-state index contributed by atoms with van der Waals surface area (Å²) >= 11 is 3.45. The SMILES string of the molecule is CCOP(=O)(OCC)C(NC1CCCCC1)c1ccc(Br)cc1. The Bertz CT molecular complexity index is 507. The Morgan fingerprint density at radius 2 is 1.70 bits per heavy atom. The van der Waals surface area contributed by atoms with Crippen LogP contribution in [0.1, 0.15) is 57.3 Å². The van der Waals surface area contributed by atoms with Gasteiger partial charge in [0.25, 0.3) is 0 Å². The van der Waals surface area contributed by atoms with E-state index < -0.39 is 13.4 Å². The van der Waals surface area contributed by atoms with Gasteiger partial charge in [0.1, 0.15) is 5.78 Å². The number of nitrogens with one attached hydrogen (secondary N) is 1.